The van der Waals surface area contributed by atoms with Crippen molar-refractivity contribution in [3.63, 3.8) is 0 Å². The van der Waals surface area contributed by atoms with E-state index in [4.69, 9.17) is 9.47 Å². The highest BCUT2D eigenvalue weighted by atomic mass is 16.5. The molecule has 3 nitrogen and oxygen atoms in total. The minimum atomic E-state index is 0.606. The van der Waals surface area contributed by atoms with Gasteiger partial charge in [-0.2, -0.15) is 0 Å². The van der Waals surface area contributed by atoms with Crippen LogP contribution in [0.3, 0.4) is 0 Å². The van der Waals surface area contributed by atoms with Crippen LogP contribution in [0.1, 0.15) is 40.5 Å². The minimum Gasteiger partial charge on any atom is -0.490 e. The molecule has 0 radical (unpaired) electrons. The lowest BCUT2D eigenvalue weighted by Crippen LogP contribution is -2.37. The average molecular weight is 277 g/mol. The van der Waals surface area contributed by atoms with Gasteiger partial charge in [-0.05, 0) is 50.7 Å². The van der Waals surface area contributed by atoms with E-state index >= 15 is 0 Å². The highest BCUT2D eigenvalue weighted by Crippen LogP contribution is 2.37. The molecular weight excluding hydrogens is 250 g/mol. The van der Waals surface area contributed by atoms with Crippen LogP contribution in [0.4, 0.5) is 5.69 Å². The van der Waals surface area contributed by atoms with E-state index in [-0.39, 0.29) is 0 Å². The van der Waals surface area contributed by atoms with Crippen molar-refractivity contribution in [1.29, 1.82) is 0 Å². The molecule has 112 valence electrons. The molecule has 1 aliphatic rings. The average Bonchev–Trinajstić information content (AvgIpc) is 2.36. The molecule has 1 aromatic carbocycles. The maximum Gasteiger partial charge on any atom is 0.163 e. The van der Waals surface area contributed by atoms with Gasteiger partial charge in [-0.15, -0.1) is 0 Å². The van der Waals surface area contributed by atoms with Gasteiger partial charge in [-0.1, -0.05) is 13.8 Å². The van der Waals surface area contributed by atoms with E-state index in [0.29, 0.717) is 19.3 Å². The molecule has 1 aromatic rings. The van der Waals surface area contributed by atoms with Crippen molar-refractivity contribution in [1.82, 2.24) is 0 Å². The topological polar surface area (TPSA) is 30.5 Å². The summed E-state index contributed by atoms with van der Waals surface area (Å²) in [6, 6.07) is 6.73. The smallest absolute Gasteiger partial charge is 0.163 e. The number of ether oxygens (including phenoxy) is 2. The number of hydrogen-bond donors (Lipinski definition) is 1. The van der Waals surface area contributed by atoms with Gasteiger partial charge in [-0.25, -0.2) is 0 Å². The first-order valence-electron chi connectivity index (χ1n) is 7.80. The normalized spacial score (nSPS) is 21.4. The van der Waals surface area contributed by atoms with Gasteiger partial charge in [0.25, 0.3) is 0 Å². The summed E-state index contributed by atoms with van der Waals surface area (Å²) in [6.07, 6.45) is 2.55. The third-order valence-corrected chi connectivity index (χ3v) is 4.03. The molecule has 0 aromatic heterocycles. The number of hydrogen-bond acceptors (Lipinski definition) is 3. The largest absolute Gasteiger partial charge is 0.490 e. The molecule has 0 spiro atoms. The Labute approximate surface area is 122 Å². The molecule has 0 bridgehead atoms. The van der Waals surface area contributed by atoms with Crippen LogP contribution in [0.15, 0.2) is 18.2 Å². The van der Waals surface area contributed by atoms with E-state index in [9.17, 15) is 0 Å². The fourth-order valence-electron chi connectivity index (χ4n) is 2.70. The maximum atomic E-state index is 5.66. The van der Waals surface area contributed by atoms with Crippen molar-refractivity contribution in [2.45, 2.75) is 46.6 Å². The molecule has 1 N–H and O–H groups in total. The summed E-state index contributed by atoms with van der Waals surface area (Å²) in [7, 11) is 0. The fourth-order valence-corrected chi connectivity index (χ4v) is 2.70. The SMILES string of the molecule is CCOc1ccc(NC2CC(C(C)C)C2)cc1OCC. The van der Waals surface area contributed by atoms with Gasteiger partial charge in [0.1, 0.15) is 0 Å². The summed E-state index contributed by atoms with van der Waals surface area (Å²) in [5.74, 6) is 3.33. The zero-order chi connectivity index (χ0) is 14.5. The molecule has 0 atom stereocenters. The Balaban J connectivity index is 1.97. The Morgan fingerprint density at radius 2 is 1.75 bits per heavy atom. The first-order valence-corrected chi connectivity index (χ1v) is 7.80. The molecule has 0 aliphatic heterocycles. The van der Waals surface area contributed by atoms with Crippen LogP contribution in [0.2, 0.25) is 0 Å². The maximum absolute atomic E-state index is 5.66. The van der Waals surface area contributed by atoms with Crippen molar-refractivity contribution in [2.24, 2.45) is 11.8 Å². The molecule has 20 heavy (non-hydrogen) atoms. The molecule has 0 heterocycles. The van der Waals surface area contributed by atoms with E-state index in [1.807, 2.05) is 19.9 Å². The summed E-state index contributed by atoms with van der Waals surface area (Å²) in [6.45, 7) is 9.92. The van der Waals surface area contributed by atoms with Gasteiger partial charge in [0.2, 0.25) is 0 Å². The molecule has 3 heteroatoms. The van der Waals surface area contributed by atoms with Crippen LogP contribution >= 0.6 is 0 Å². The monoisotopic (exact) mass is 277 g/mol. The molecule has 0 saturated heterocycles. The molecule has 0 amide bonds. The Hall–Kier alpha value is -1.38. The third-order valence-electron chi connectivity index (χ3n) is 4.03. The highest BCUT2D eigenvalue weighted by Gasteiger charge is 2.31. The summed E-state index contributed by atoms with van der Waals surface area (Å²) in [5.41, 5.74) is 1.13. The lowest BCUT2D eigenvalue weighted by atomic mass is 9.73. The van der Waals surface area contributed by atoms with E-state index in [1.54, 1.807) is 0 Å². The Kier molecular flexibility index (Phi) is 5.16. The van der Waals surface area contributed by atoms with Crippen LogP contribution < -0.4 is 14.8 Å². The van der Waals surface area contributed by atoms with Gasteiger partial charge in [0, 0.05) is 17.8 Å². The van der Waals surface area contributed by atoms with Crippen LogP contribution in [-0.2, 0) is 0 Å². The Bertz CT molecular complexity index is 425. The summed E-state index contributed by atoms with van der Waals surface area (Å²) in [4.78, 5) is 0. The Morgan fingerprint density at radius 3 is 2.35 bits per heavy atom. The van der Waals surface area contributed by atoms with Gasteiger partial charge in [-0.3, -0.25) is 0 Å². The van der Waals surface area contributed by atoms with Crippen molar-refractivity contribution in [3.05, 3.63) is 18.2 Å². The van der Waals surface area contributed by atoms with Gasteiger partial charge in [0.15, 0.2) is 11.5 Å². The fraction of sp³-hybridized carbons (Fsp3) is 0.647. The second-order valence-corrected chi connectivity index (χ2v) is 5.84. The minimum absolute atomic E-state index is 0.606. The van der Waals surface area contributed by atoms with Crippen LogP contribution in [0.25, 0.3) is 0 Å². The third kappa shape index (κ3) is 3.59. The van der Waals surface area contributed by atoms with E-state index in [1.165, 1.54) is 12.8 Å². The second-order valence-electron chi connectivity index (χ2n) is 5.84. The van der Waals surface area contributed by atoms with E-state index < -0.39 is 0 Å². The van der Waals surface area contributed by atoms with Gasteiger partial charge < -0.3 is 14.8 Å². The van der Waals surface area contributed by atoms with Gasteiger partial charge in [0.05, 0.1) is 13.2 Å². The quantitative estimate of drug-likeness (QED) is 0.804. The number of anilines is 1. The highest BCUT2D eigenvalue weighted by molar-refractivity contribution is 5.55. The van der Waals surface area contributed by atoms with E-state index in [2.05, 4.69) is 31.3 Å². The molecular formula is C17H27NO2. The van der Waals surface area contributed by atoms with E-state index in [0.717, 1.165) is 29.0 Å². The van der Waals surface area contributed by atoms with Crippen LogP contribution in [-0.4, -0.2) is 19.3 Å². The van der Waals surface area contributed by atoms with Crippen molar-refractivity contribution < 1.29 is 9.47 Å². The number of rotatable bonds is 7. The first-order chi connectivity index (χ1) is 9.63. The van der Waals surface area contributed by atoms with Crippen molar-refractivity contribution in [3.8, 4) is 11.5 Å². The lowest BCUT2D eigenvalue weighted by molar-refractivity contribution is 0.211. The molecule has 1 aliphatic carbocycles. The zero-order valence-electron chi connectivity index (χ0n) is 13.1. The molecule has 1 fully saturated rings. The Morgan fingerprint density at radius 1 is 1.10 bits per heavy atom. The first kappa shape index (κ1) is 15.0. The van der Waals surface area contributed by atoms with Crippen LogP contribution in [0.5, 0.6) is 11.5 Å². The zero-order valence-corrected chi connectivity index (χ0v) is 13.1. The van der Waals surface area contributed by atoms with Gasteiger partial charge >= 0.3 is 0 Å². The number of nitrogens with one attached hydrogen (secondary N) is 1. The predicted octanol–water partition coefficient (Wildman–Crippen LogP) is 4.33. The summed E-state index contributed by atoms with van der Waals surface area (Å²) < 4.78 is 11.2. The molecule has 0 unspecified atom stereocenters. The van der Waals surface area contributed by atoms with Crippen molar-refractivity contribution >= 4 is 5.69 Å². The van der Waals surface area contributed by atoms with Crippen LogP contribution in [0, 0.1) is 11.8 Å². The standard InChI is InChI=1S/C17H27NO2/c1-5-19-16-8-7-14(11-17(16)20-6-2)18-15-9-13(10-15)12(3)4/h7-8,11-13,15,18H,5-6,9-10H2,1-4H3. The van der Waals surface area contributed by atoms with Crippen molar-refractivity contribution in [2.75, 3.05) is 18.5 Å². The summed E-state index contributed by atoms with van der Waals surface area (Å²) >= 11 is 0. The lowest BCUT2D eigenvalue weighted by Gasteiger charge is -2.39. The summed E-state index contributed by atoms with van der Waals surface area (Å²) in [5, 5.41) is 3.60. The second kappa shape index (κ2) is 6.87. The number of benzene rings is 1. The molecule has 2 rings (SSSR count). The molecule has 1 saturated carbocycles. The predicted molar refractivity (Wildman–Crippen MR) is 83.8 cm³/mol.